The molecule has 0 spiro atoms. The van der Waals surface area contributed by atoms with Crippen LogP contribution in [0, 0.1) is 6.92 Å². The summed E-state index contributed by atoms with van der Waals surface area (Å²) in [5, 5.41) is 93.9. The molecule has 1 aliphatic rings. The van der Waals surface area contributed by atoms with Crippen LogP contribution in [0.4, 0.5) is 0 Å². The highest BCUT2D eigenvalue weighted by Gasteiger charge is 2.33. The fraction of sp³-hybridized carbons (Fsp3) is 0.510. The summed E-state index contributed by atoms with van der Waals surface area (Å²) < 4.78 is 0. The Kier molecular flexibility index (Phi) is 14.9. The first kappa shape index (κ1) is 43.4. The number of hydrogen-bond acceptors (Lipinski definition) is 8. The first-order chi connectivity index (χ1) is 27.4. The van der Waals surface area contributed by atoms with Crippen LogP contribution in [0.2, 0.25) is 0 Å². The first-order valence-electron chi connectivity index (χ1n) is 21.6. The molecule has 4 aromatic carbocycles. The molecule has 8 heteroatoms. The van der Waals surface area contributed by atoms with E-state index in [9.17, 15) is 40.9 Å². The molecule has 57 heavy (non-hydrogen) atoms. The van der Waals surface area contributed by atoms with Gasteiger partial charge in [-0.25, -0.2) is 0 Å². The second-order valence-electron chi connectivity index (χ2n) is 16.5. The third-order valence-electron chi connectivity index (χ3n) is 12.5. The lowest BCUT2D eigenvalue weighted by atomic mass is 9.76. The molecule has 0 saturated heterocycles. The van der Waals surface area contributed by atoms with E-state index in [2.05, 4.69) is 27.7 Å². The molecule has 4 aromatic rings. The Labute approximate surface area is 339 Å². The first-order valence-corrected chi connectivity index (χ1v) is 21.6. The Morgan fingerprint density at radius 2 is 0.526 bits per heavy atom. The van der Waals surface area contributed by atoms with Crippen molar-refractivity contribution in [2.75, 3.05) is 0 Å². The molecule has 8 N–H and O–H groups in total. The van der Waals surface area contributed by atoms with Crippen molar-refractivity contribution in [2.45, 2.75) is 161 Å². The van der Waals surface area contributed by atoms with Crippen LogP contribution in [-0.2, 0) is 0 Å². The van der Waals surface area contributed by atoms with E-state index in [0.717, 1.165) is 77.0 Å². The summed E-state index contributed by atoms with van der Waals surface area (Å²) >= 11 is 0. The van der Waals surface area contributed by atoms with Crippen molar-refractivity contribution < 1.29 is 40.9 Å². The van der Waals surface area contributed by atoms with Gasteiger partial charge in [-0.3, -0.25) is 0 Å². The Morgan fingerprint density at radius 3 is 0.754 bits per heavy atom. The minimum Gasteiger partial charge on any atom is -0.508 e. The smallest absolute Gasteiger partial charge is 0.126 e. The van der Waals surface area contributed by atoms with Crippen molar-refractivity contribution in [1.82, 2.24) is 0 Å². The Hall–Kier alpha value is -4.72. The quantitative estimate of drug-likeness (QED) is 0.0521. The zero-order valence-electron chi connectivity index (χ0n) is 34.7. The van der Waals surface area contributed by atoms with Gasteiger partial charge in [-0.15, -0.1) is 0 Å². The third-order valence-corrected chi connectivity index (χ3v) is 12.5. The number of aromatic hydroxyl groups is 8. The predicted molar refractivity (Wildman–Crippen MR) is 228 cm³/mol. The minimum absolute atomic E-state index is 0.0767. The number of fused-ring (bicyclic) bond motifs is 8. The summed E-state index contributed by atoms with van der Waals surface area (Å²) in [7, 11) is 0. The van der Waals surface area contributed by atoms with Crippen LogP contribution in [0.25, 0.3) is 0 Å². The molecule has 5 rings (SSSR count). The van der Waals surface area contributed by atoms with E-state index in [4.69, 9.17) is 0 Å². The number of unbranched alkanes of at least 4 members (excludes halogenated alkanes) is 8. The number of phenols is 8. The standard InChI is InChI=1S/C49H66O8/c1-6-10-14-18-30-34-22-35(43(51)26-42(34)50)31(19-15-11-7-2)37-24-39(47(55)28-45(37)53)33(21-17-13-9-4)41-25-40(48(56)29(5)49(41)57)32(20-16-12-8-3)38-23-36(30)44(52)27-46(38)54/h22-28,30-33,50-57H,6-21H2,1-5H3. The molecular formula is C49H66O8. The highest BCUT2D eigenvalue weighted by molar-refractivity contribution is 5.63. The molecule has 8 bridgehead atoms. The van der Waals surface area contributed by atoms with Crippen LogP contribution in [0.5, 0.6) is 46.0 Å². The summed E-state index contributed by atoms with van der Waals surface area (Å²) in [4.78, 5) is 0. The van der Waals surface area contributed by atoms with Gasteiger partial charge in [0.15, 0.2) is 0 Å². The van der Waals surface area contributed by atoms with Crippen molar-refractivity contribution >= 4 is 0 Å². The number of phenolic OH excluding ortho intramolecular Hbond substituents is 8. The summed E-state index contributed by atoms with van der Waals surface area (Å²) in [5.41, 5.74) is 4.46. The zero-order chi connectivity index (χ0) is 41.4. The second kappa shape index (κ2) is 19.6. The van der Waals surface area contributed by atoms with E-state index in [1.165, 1.54) is 18.2 Å². The van der Waals surface area contributed by atoms with Crippen molar-refractivity contribution in [1.29, 1.82) is 0 Å². The van der Waals surface area contributed by atoms with Crippen LogP contribution in [0.3, 0.4) is 0 Å². The summed E-state index contributed by atoms with van der Waals surface area (Å²) in [6.45, 7) is 10.1. The molecule has 0 saturated carbocycles. The molecule has 0 amide bonds. The maximum Gasteiger partial charge on any atom is 0.126 e. The Balaban J connectivity index is 1.95. The molecule has 0 aliphatic heterocycles. The number of hydrogen-bond donors (Lipinski definition) is 8. The fourth-order valence-corrected chi connectivity index (χ4v) is 9.20. The lowest BCUT2D eigenvalue weighted by Crippen LogP contribution is -2.12. The van der Waals surface area contributed by atoms with Gasteiger partial charge < -0.3 is 40.9 Å². The van der Waals surface area contributed by atoms with E-state index < -0.39 is 23.7 Å². The molecule has 8 nitrogen and oxygen atoms in total. The molecule has 1 aliphatic carbocycles. The van der Waals surface area contributed by atoms with Gasteiger partial charge in [-0.1, -0.05) is 105 Å². The minimum atomic E-state index is -0.537. The van der Waals surface area contributed by atoms with E-state index in [0.29, 0.717) is 75.8 Å². The van der Waals surface area contributed by atoms with E-state index in [1.54, 1.807) is 6.92 Å². The molecule has 0 heterocycles. The van der Waals surface area contributed by atoms with Crippen molar-refractivity contribution in [3.63, 3.8) is 0 Å². The van der Waals surface area contributed by atoms with Crippen LogP contribution in [0.1, 0.15) is 204 Å². The average Bonchev–Trinajstić information content (AvgIpc) is 3.17. The molecule has 0 radical (unpaired) electrons. The summed E-state index contributed by atoms with van der Waals surface area (Å²) in [6, 6.07) is 11.3. The van der Waals surface area contributed by atoms with Gasteiger partial charge in [-0.05, 0) is 56.9 Å². The monoisotopic (exact) mass is 782 g/mol. The van der Waals surface area contributed by atoms with Crippen molar-refractivity contribution in [3.05, 3.63) is 92.5 Å². The summed E-state index contributed by atoms with van der Waals surface area (Å²) in [5.74, 6) is -3.02. The molecule has 310 valence electrons. The highest BCUT2D eigenvalue weighted by atomic mass is 16.3. The largest absolute Gasteiger partial charge is 0.508 e. The third kappa shape index (κ3) is 9.37. The van der Waals surface area contributed by atoms with Gasteiger partial charge in [0.2, 0.25) is 0 Å². The number of rotatable bonds is 16. The van der Waals surface area contributed by atoms with Crippen molar-refractivity contribution in [3.8, 4) is 46.0 Å². The normalized spacial score (nSPS) is 17.8. The van der Waals surface area contributed by atoms with E-state index in [1.807, 2.05) is 24.3 Å². The molecule has 4 atom stereocenters. The van der Waals surface area contributed by atoms with E-state index >= 15 is 0 Å². The summed E-state index contributed by atoms with van der Waals surface area (Å²) in [6.07, 6.45) is 12.9. The average molecular weight is 783 g/mol. The highest BCUT2D eigenvalue weighted by Crippen LogP contribution is 2.53. The SMILES string of the molecule is CCCCCC1c2cc(c(O)cc2O)C(CCCCC)c2cc(c(O)cc2O)C(CCCCC)c2cc(c(O)c(C)c2O)C(CCCCC)c2cc1c(O)cc2O. The second-order valence-corrected chi connectivity index (χ2v) is 16.5. The molecule has 0 fully saturated rings. The molecular weight excluding hydrogens is 717 g/mol. The van der Waals surface area contributed by atoms with Crippen LogP contribution in [0.15, 0.2) is 42.5 Å². The van der Waals surface area contributed by atoms with Gasteiger partial charge in [-0.2, -0.15) is 0 Å². The Bertz CT molecular complexity index is 1850. The van der Waals surface area contributed by atoms with E-state index in [-0.39, 0.29) is 46.0 Å². The molecule has 0 aromatic heterocycles. The zero-order valence-corrected chi connectivity index (χ0v) is 34.7. The fourth-order valence-electron chi connectivity index (χ4n) is 9.20. The van der Waals surface area contributed by atoms with Gasteiger partial charge in [0.05, 0.1) is 0 Å². The lowest BCUT2D eigenvalue weighted by molar-refractivity contribution is 0.417. The topological polar surface area (TPSA) is 162 Å². The lowest BCUT2D eigenvalue weighted by Gasteiger charge is -2.30. The Morgan fingerprint density at radius 1 is 0.316 bits per heavy atom. The predicted octanol–water partition coefficient (Wildman–Crippen LogP) is 12.8. The maximum absolute atomic E-state index is 11.9. The van der Waals surface area contributed by atoms with Gasteiger partial charge in [0.1, 0.15) is 46.0 Å². The van der Waals surface area contributed by atoms with Crippen LogP contribution >= 0.6 is 0 Å². The van der Waals surface area contributed by atoms with Gasteiger partial charge in [0.25, 0.3) is 0 Å². The molecule has 4 unspecified atom stereocenters. The van der Waals surface area contributed by atoms with Crippen LogP contribution in [-0.4, -0.2) is 40.9 Å². The van der Waals surface area contributed by atoms with Gasteiger partial charge in [0, 0.05) is 91.9 Å². The van der Waals surface area contributed by atoms with Crippen molar-refractivity contribution in [2.24, 2.45) is 0 Å². The maximum atomic E-state index is 11.9. The van der Waals surface area contributed by atoms with Crippen LogP contribution < -0.4 is 0 Å². The van der Waals surface area contributed by atoms with Gasteiger partial charge >= 0.3 is 0 Å². The number of benzene rings is 4.